The van der Waals surface area contributed by atoms with E-state index in [0.29, 0.717) is 17.7 Å². The van der Waals surface area contributed by atoms with Crippen molar-refractivity contribution in [2.24, 2.45) is 5.73 Å². The van der Waals surface area contributed by atoms with Crippen LogP contribution in [0.2, 0.25) is 0 Å². The van der Waals surface area contributed by atoms with Gasteiger partial charge in [0.1, 0.15) is 0 Å². The molecule has 1 aromatic rings. The molecule has 3 N–H and O–H groups in total. The lowest BCUT2D eigenvalue weighted by Gasteiger charge is -2.37. The molecule has 0 unspecified atom stereocenters. The number of rotatable bonds is 5. The molecule has 19 heavy (non-hydrogen) atoms. The van der Waals surface area contributed by atoms with Gasteiger partial charge in [-0.25, -0.2) is 0 Å². The van der Waals surface area contributed by atoms with E-state index in [0.717, 1.165) is 19.3 Å². The summed E-state index contributed by atoms with van der Waals surface area (Å²) in [6.45, 7) is 0.308. The summed E-state index contributed by atoms with van der Waals surface area (Å²) in [6, 6.07) is 6.54. The maximum atomic E-state index is 12.3. The first-order valence-corrected chi connectivity index (χ1v) is 6.45. The van der Waals surface area contributed by atoms with E-state index in [9.17, 15) is 9.59 Å². The minimum Gasteiger partial charge on any atom is -0.395 e. The average molecular weight is 262 g/mol. The number of aliphatic hydroxyl groups excluding tert-OH is 1. The third-order valence-corrected chi connectivity index (χ3v) is 3.53. The summed E-state index contributed by atoms with van der Waals surface area (Å²) in [4.78, 5) is 25.0. The van der Waals surface area contributed by atoms with Crippen LogP contribution in [0.25, 0.3) is 0 Å². The van der Waals surface area contributed by atoms with Crippen LogP contribution in [0.15, 0.2) is 24.3 Å². The quantitative estimate of drug-likeness (QED) is 0.822. The van der Waals surface area contributed by atoms with Gasteiger partial charge in [0.05, 0.1) is 6.61 Å². The summed E-state index contributed by atoms with van der Waals surface area (Å²) in [5.41, 5.74) is 6.06. The van der Waals surface area contributed by atoms with Crippen LogP contribution in [-0.2, 0) is 0 Å². The molecule has 0 spiro atoms. The fourth-order valence-corrected chi connectivity index (χ4v) is 2.20. The van der Waals surface area contributed by atoms with Gasteiger partial charge in [0.25, 0.3) is 5.91 Å². The van der Waals surface area contributed by atoms with Gasteiger partial charge in [0.15, 0.2) is 0 Å². The van der Waals surface area contributed by atoms with Crippen LogP contribution in [0, 0.1) is 0 Å². The van der Waals surface area contributed by atoms with Crippen molar-refractivity contribution in [2.45, 2.75) is 25.3 Å². The van der Waals surface area contributed by atoms with Crippen LogP contribution >= 0.6 is 0 Å². The molecule has 5 heteroatoms. The summed E-state index contributed by atoms with van der Waals surface area (Å²) < 4.78 is 0. The zero-order chi connectivity index (χ0) is 13.8. The molecule has 2 rings (SSSR count). The highest BCUT2D eigenvalue weighted by Gasteiger charge is 2.28. The number of nitrogens with two attached hydrogens (primary N) is 1. The molecular weight excluding hydrogens is 244 g/mol. The summed E-state index contributed by atoms with van der Waals surface area (Å²) in [6.07, 6.45) is 3.11. The summed E-state index contributed by atoms with van der Waals surface area (Å²) >= 11 is 0. The zero-order valence-corrected chi connectivity index (χ0v) is 10.7. The molecule has 1 fully saturated rings. The third-order valence-electron chi connectivity index (χ3n) is 3.53. The zero-order valence-electron chi connectivity index (χ0n) is 10.7. The topological polar surface area (TPSA) is 83.6 Å². The minimum absolute atomic E-state index is 0.0401. The first-order chi connectivity index (χ1) is 9.13. The number of amides is 2. The van der Waals surface area contributed by atoms with Crippen LogP contribution in [-0.4, -0.2) is 41.0 Å². The highest BCUT2D eigenvalue weighted by molar-refractivity contribution is 5.97. The molecule has 0 heterocycles. The van der Waals surface area contributed by atoms with Crippen LogP contribution < -0.4 is 5.73 Å². The molecule has 0 atom stereocenters. The molecule has 1 aliphatic carbocycles. The molecule has 1 aromatic carbocycles. The van der Waals surface area contributed by atoms with E-state index in [4.69, 9.17) is 10.8 Å². The molecule has 0 aliphatic heterocycles. The monoisotopic (exact) mass is 262 g/mol. The summed E-state index contributed by atoms with van der Waals surface area (Å²) in [7, 11) is 0. The molecule has 5 nitrogen and oxygen atoms in total. The van der Waals surface area contributed by atoms with Crippen molar-refractivity contribution in [1.29, 1.82) is 0 Å². The van der Waals surface area contributed by atoms with Gasteiger partial charge >= 0.3 is 0 Å². The van der Waals surface area contributed by atoms with E-state index in [1.807, 2.05) is 0 Å². The maximum Gasteiger partial charge on any atom is 0.254 e. The van der Waals surface area contributed by atoms with Gasteiger partial charge < -0.3 is 15.7 Å². The maximum absolute atomic E-state index is 12.3. The van der Waals surface area contributed by atoms with Gasteiger partial charge in [-0.3, -0.25) is 9.59 Å². The van der Waals surface area contributed by atoms with E-state index in [1.54, 1.807) is 29.2 Å². The van der Waals surface area contributed by atoms with Gasteiger partial charge in [-0.15, -0.1) is 0 Å². The SMILES string of the molecule is NC(=O)c1ccc(C(=O)N(CCO)C2CCC2)cc1. The van der Waals surface area contributed by atoms with Crippen molar-refractivity contribution in [3.05, 3.63) is 35.4 Å². The Labute approximate surface area is 112 Å². The minimum atomic E-state index is -0.509. The molecule has 0 radical (unpaired) electrons. The van der Waals surface area contributed by atoms with Gasteiger partial charge in [0.2, 0.25) is 5.91 Å². The van der Waals surface area contributed by atoms with Gasteiger partial charge in [-0.1, -0.05) is 0 Å². The number of primary amides is 1. The smallest absolute Gasteiger partial charge is 0.254 e. The standard InChI is InChI=1S/C14H18N2O3/c15-13(18)10-4-6-11(7-5-10)14(19)16(8-9-17)12-2-1-3-12/h4-7,12,17H,1-3,8-9H2,(H2,15,18). The first kappa shape index (κ1) is 13.5. The lowest BCUT2D eigenvalue weighted by atomic mass is 9.91. The lowest BCUT2D eigenvalue weighted by molar-refractivity contribution is 0.0525. The van der Waals surface area contributed by atoms with Gasteiger partial charge in [-0.2, -0.15) is 0 Å². The Morgan fingerprint density at radius 2 is 1.79 bits per heavy atom. The Morgan fingerprint density at radius 1 is 1.21 bits per heavy atom. The summed E-state index contributed by atoms with van der Waals surface area (Å²) in [5, 5.41) is 9.06. The van der Waals surface area contributed by atoms with Gasteiger partial charge in [-0.05, 0) is 43.5 Å². The number of hydrogen-bond acceptors (Lipinski definition) is 3. The molecule has 102 valence electrons. The average Bonchev–Trinajstić information content (AvgIpc) is 2.35. The Hall–Kier alpha value is -1.88. The predicted octanol–water partition coefficient (Wildman–Crippen LogP) is 0.772. The van der Waals surface area contributed by atoms with Crippen molar-refractivity contribution in [3.8, 4) is 0 Å². The second-order valence-electron chi connectivity index (χ2n) is 4.75. The number of nitrogens with zero attached hydrogens (tertiary/aromatic N) is 1. The first-order valence-electron chi connectivity index (χ1n) is 6.45. The normalized spacial score (nSPS) is 14.8. The van der Waals surface area contributed by atoms with E-state index < -0.39 is 5.91 Å². The van der Waals surface area contributed by atoms with Crippen molar-refractivity contribution in [3.63, 3.8) is 0 Å². The number of aliphatic hydroxyl groups is 1. The molecule has 2 amide bonds. The Balaban J connectivity index is 2.13. The van der Waals surface area contributed by atoms with Crippen LogP contribution in [0.4, 0.5) is 0 Å². The van der Waals surface area contributed by atoms with Crippen molar-refractivity contribution >= 4 is 11.8 Å². The summed E-state index contributed by atoms with van der Waals surface area (Å²) in [5.74, 6) is -0.611. The second kappa shape index (κ2) is 5.84. The number of benzene rings is 1. The van der Waals surface area contributed by atoms with Crippen LogP contribution in [0.5, 0.6) is 0 Å². The Kier molecular flexibility index (Phi) is 4.16. The molecule has 0 aromatic heterocycles. The largest absolute Gasteiger partial charge is 0.395 e. The van der Waals surface area contributed by atoms with E-state index in [-0.39, 0.29) is 18.6 Å². The van der Waals surface area contributed by atoms with E-state index in [1.165, 1.54) is 0 Å². The molecule has 1 aliphatic rings. The van der Waals surface area contributed by atoms with Gasteiger partial charge in [0, 0.05) is 23.7 Å². The molecular formula is C14H18N2O3. The third kappa shape index (κ3) is 2.93. The van der Waals surface area contributed by atoms with Crippen LogP contribution in [0.3, 0.4) is 0 Å². The number of carbonyl (C=O) groups is 2. The van der Waals surface area contributed by atoms with Crippen molar-refractivity contribution in [2.75, 3.05) is 13.2 Å². The fourth-order valence-electron chi connectivity index (χ4n) is 2.20. The Bertz CT molecular complexity index is 466. The fraction of sp³-hybridized carbons (Fsp3) is 0.429. The number of carbonyl (C=O) groups excluding carboxylic acids is 2. The van der Waals surface area contributed by atoms with Crippen molar-refractivity contribution in [1.82, 2.24) is 4.90 Å². The molecule has 0 bridgehead atoms. The number of hydrogen-bond donors (Lipinski definition) is 2. The van der Waals surface area contributed by atoms with Crippen molar-refractivity contribution < 1.29 is 14.7 Å². The highest BCUT2D eigenvalue weighted by Crippen LogP contribution is 2.26. The van der Waals surface area contributed by atoms with E-state index in [2.05, 4.69) is 0 Å². The van der Waals surface area contributed by atoms with Crippen LogP contribution in [0.1, 0.15) is 40.0 Å². The second-order valence-corrected chi connectivity index (χ2v) is 4.75. The predicted molar refractivity (Wildman–Crippen MR) is 70.7 cm³/mol. The Morgan fingerprint density at radius 3 is 2.21 bits per heavy atom. The molecule has 0 saturated heterocycles. The molecule has 1 saturated carbocycles. The van der Waals surface area contributed by atoms with E-state index >= 15 is 0 Å². The highest BCUT2D eigenvalue weighted by atomic mass is 16.3. The lowest BCUT2D eigenvalue weighted by Crippen LogP contribution is -2.45.